The van der Waals surface area contributed by atoms with Gasteiger partial charge in [-0.1, -0.05) is 48.5 Å². The average Bonchev–Trinajstić information content (AvgIpc) is 3.14. The van der Waals surface area contributed by atoms with Crippen molar-refractivity contribution in [2.75, 3.05) is 30.9 Å². The maximum absolute atomic E-state index is 12.8. The van der Waals surface area contributed by atoms with Gasteiger partial charge < -0.3 is 20.7 Å². The third kappa shape index (κ3) is 4.49. The fourth-order valence-electron chi connectivity index (χ4n) is 3.47. The zero-order valence-electron chi connectivity index (χ0n) is 17.1. The maximum atomic E-state index is 12.8. The van der Waals surface area contributed by atoms with Crippen LogP contribution >= 0.6 is 0 Å². The number of carbonyl (C=O) groups is 2. The maximum Gasteiger partial charge on any atom is 0.258 e. The van der Waals surface area contributed by atoms with E-state index >= 15 is 0 Å². The molecule has 0 unspecified atom stereocenters. The highest BCUT2D eigenvalue weighted by Gasteiger charge is 2.28. The van der Waals surface area contributed by atoms with Gasteiger partial charge in [0.05, 0.1) is 17.9 Å². The van der Waals surface area contributed by atoms with Crippen LogP contribution in [0.2, 0.25) is 0 Å². The van der Waals surface area contributed by atoms with Gasteiger partial charge in [-0.15, -0.1) is 0 Å². The lowest BCUT2D eigenvalue weighted by atomic mass is 10.00. The highest BCUT2D eigenvalue weighted by Crippen LogP contribution is 2.37. The third-order valence-electron chi connectivity index (χ3n) is 4.99. The molecule has 0 aromatic heterocycles. The Labute approximate surface area is 180 Å². The molecule has 1 heterocycles. The molecule has 3 aromatic rings. The molecule has 156 valence electrons. The summed E-state index contributed by atoms with van der Waals surface area (Å²) in [5.74, 6) is -0.309. The number of hydrogen-bond acceptors (Lipinski definition) is 4. The summed E-state index contributed by atoms with van der Waals surface area (Å²) in [6.07, 6.45) is 0. The summed E-state index contributed by atoms with van der Waals surface area (Å²) < 4.78 is 4.95. The van der Waals surface area contributed by atoms with Gasteiger partial charge in [-0.05, 0) is 35.9 Å². The Morgan fingerprint density at radius 1 is 0.903 bits per heavy atom. The van der Waals surface area contributed by atoms with Crippen molar-refractivity contribution < 1.29 is 14.3 Å². The van der Waals surface area contributed by atoms with E-state index in [1.54, 1.807) is 19.2 Å². The van der Waals surface area contributed by atoms with Crippen molar-refractivity contribution in [3.05, 3.63) is 95.6 Å². The molecule has 3 N–H and O–H groups in total. The first-order valence-electron chi connectivity index (χ1n) is 10.0. The van der Waals surface area contributed by atoms with Gasteiger partial charge in [0.2, 0.25) is 0 Å². The lowest BCUT2D eigenvalue weighted by molar-refractivity contribution is -0.110. The lowest BCUT2D eigenvalue weighted by Crippen LogP contribution is -2.26. The van der Waals surface area contributed by atoms with Gasteiger partial charge in [0.1, 0.15) is 0 Å². The number of methoxy groups -OCH3 is 1. The van der Waals surface area contributed by atoms with Crippen molar-refractivity contribution in [1.29, 1.82) is 0 Å². The number of rotatable bonds is 7. The summed E-state index contributed by atoms with van der Waals surface area (Å²) in [5.41, 5.74) is 5.17. The number of fused-ring (bicyclic) bond motifs is 1. The van der Waals surface area contributed by atoms with Crippen molar-refractivity contribution in [3.63, 3.8) is 0 Å². The van der Waals surface area contributed by atoms with E-state index in [9.17, 15) is 9.59 Å². The molecule has 0 saturated heterocycles. The molecule has 3 aromatic carbocycles. The van der Waals surface area contributed by atoms with E-state index in [0.717, 1.165) is 22.5 Å². The van der Waals surface area contributed by atoms with Crippen LogP contribution in [0, 0.1) is 0 Å². The highest BCUT2D eigenvalue weighted by atomic mass is 16.5. The van der Waals surface area contributed by atoms with Gasteiger partial charge in [0, 0.05) is 36.2 Å². The molecule has 0 atom stereocenters. The lowest BCUT2D eigenvalue weighted by Gasteiger charge is -2.15. The van der Waals surface area contributed by atoms with E-state index in [0.29, 0.717) is 30.0 Å². The summed E-state index contributed by atoms with van der Waals surface area (Å²) in [7, 11) is 1.59. The van der Waals surface area contributed by atoms with Crippen LogP contribution in [0.3, 0.4) is 0 Å². The van der Waals surface area contributed by atoms with Crippen molar-refractivity contribution in [2.24, 2.45) is 0 Å². The number of amides is 2. The Kier molecular flexibility index (Phi) is 6.10. The van der Waals surface area contributed by atoms with E-state index in [-0.39, 0.29) is 11.8 Å². The first-order chi connectivity index (χ1) is 15.2. The van der Waals surface area contributed by atoms with E-state index in [4.69, 9.17) is 4.74 Å². The highest BCUT2D eigenvalue weighted by molar-refractivity contribution is 6.37. The summed E-state index contributed by atoms with van der Waals surface area (Å²) >= 11 is 0. The van der Waals surface area contributed by atoms with Crippen LogP contribution in [0.25, 0.3) is 11.3 Å². The summed E-state index contributed by atoms with van der Waals surface area (Å²) in [6.45, 7) is 0.914. The fourth-order valence-corrected chi connectivity index (χ4v) is 3.47. The molecule has 0 spiro atoms. The predicted molar refractivity (Wildman–Crippen MR) is 123 cm³/mol. The Hall–Kier alpha value is -3.90. The van der Waals surface area contributed by atoms with Gasteiger partial charge in [-0.25, -0.2) is 0 Å². The number of carbonyl (C=O) groups excluding carboxylic acids is 2. The van der Waals surface area contributed by atoms with Crippen molar-refractivity contribution in [1.82, 2.24) is 5.32 Å². The summed E-state index contributed by atoms with van der Waals surface area (Å²) in [5, 5.41) is 9.13. The van der Waals surface area contributed by atoms with Gasteiger partial charge in [0.25, 0.3) is 11.8 Å². The van der Waals surface area contributed by atoms with Crippen LogP contribution in [0.4, 0.5) is 11.4 Å². The molecule has 0 fully saturated rings. The average molecular weight is 413 g/mol. The van der Waals surface area contributed by atoms with Crippen LogP contribution in [0.5, 0.6) is 0 Å². The molecular weight excluding hydrogens is 390 g/mol. The Bertz CT molecular complexity index is 1120. The van der Waals surface area contributed by atoms with Crippen LogP contribution in [0.15, 0.2) is 78.9 Å². The standard InChI is InChI=1S/C25H23N3O3/c1-31-16-15-26-24(29)18-11-13-19(14-12-18)27-23(17-7-3-2-4-8-17)22-20-9-5-6-10-21(20)28-25(22)30/h2-14,27H,15-16H2,1H3,(H,26,29)(H,28,30)/b23-22-. The number of benzene rings is 3. The van der Waals surface area contributed by atoms with E-state index in [1.165, 1.54) is 0 Å². The minimum atomic E-state index is -0.158. The topological polar surface area (TPSA) is 79.5 Å². The smallest absolute Gasteiger partial charge is 0.258 e. The molecule has 4 rings (SSSR count). The zero-order valence-corrected chi connectivity index (χ0v) is 17.1. The van der Waals surface area contributed by atoms with Gasteiger partial charge in [-0.3, -0.25) is 9.59 Å². The monoisotopic (exact) mass is 413 g/mol. The third-order valence-corrected chi connectivity index (χ3v) is 4.99. The van der Waals surface area contributed by atoms with E-state index < -0.39 is 0 Å². The Morgan fingerprint density at radius 2 is 1.61 bits per heavy atom. The van der Waals surface area contributed by atoms with Crippen molar-refractivity contribution in [2.45, 2.75) is 0 Å². The number of anilines is 2. The van der Waals surface area contributed by atoms with E-state index in [1.807, 2.05) is 66.7 Å². The molecule has 0 aliphatic carbocycles. The molecule has 1 aliphatic rings. The first-order valence-corrected chi connectivity index (χ1v) is 10.0. The van der Waals surface area contributed by atoms with E-state index in [2.05, 4.69) is 16.0 Å². The largest absolute Gasteiger partial charge is 0.383 e. The summed E-state index contributed by atoms with van der Waals surface area (Å²) in [6, 6.07) is 24.5. The molecule has 2 amide bonds. The molecule has 6 heteroatoms. The van der Waals surface area contributed by atoms with Crippen molar-refractivity contribution in [3.8, 4) is 0 Å². The molecule has 0 saturated carbocycles. The Balaban J connectivity index is 1.66. The molecule has 31 heavy (non-hydrogen) atoms. The quantitative estimate of drug-likeness (QED) is 0.404. The number of ether oxygens (including phenoxy) is 1. The molecule has 0 radical (unpaired) electrons. The van der Waals surface area contributed by atoms with Gasteiger partial charge in [0.15, 0.2) is 0 Å². The minimum Gasteiger partial charge on any atom is -0.383 e. The molecule has 1 aliphatic heterocycles. The summed E-state index contributed by atoms with van der Waals surface area (Å²) in [4.78, 5) is 25.0. The second-order valence-electron chi connectivity index (χ2n) is 7.07. The number of nitrogens with one attached hydrogen (secondary N) is 3. The number of para-hydroxylation sites is 1. The Morgan fingerprint density at radius 3 is 2.35 bits per heavy atom. The fraction of sp³-hybridized carbons (Fsp3) is 0.120. The van der Waals surface area contributed by atoms with Crippen LogP contribution in [-0.4, -0.2) is 32.1 Å². The van der Waals surface area contributed by atoms with Crippen LogP contribution < -0.4 is 16.0 Å². The second-order valence-corrected chi connectivity index (χ2v) is 7.07. The predicted octanol–water partition coefficient (Wildman–Crippen LogP) is 4.00. The van der Waals surface area contributed by atoms with Gasteiger partial charge >= 0.3 is 0 Å². The zero-order chi connectivity index (χ0) is 21.6. The van der Waals surface area contributed by atoms with Crippen LogP contribution in [0.1, 0.15) is 21.5 Å². The van der Waals surface area contributed by atoms with Gasteiger partial charge in [-0.2, -0.15) is 0 Å². The molecular formula is C25H23N3O3. The number of hydrogen-bond donors (Lipinski definition) is 3. The molecule has 0 bridgehead atoms. The van der Waals surface area contributed by atoms with Crippen molar-refractivity contribution >= 4 is 34.5 Å². The second kappa shape index (κ2) is 9.28. The van der Waals surface area contributed by atoms with Crippen LogP contribution in [-0.2, 0) is 9.53 Å². The normalized spacial score (nSPS) is 13.9. The first kappa shape index (κ1) is 20.4. The minimum absolute atomic E-state index is 0.151. The SMILES string of the molecule is COCCNC(=O)c1ccc(N/C(=C2\C(=O)Nc3ccccc32)c2ccccc2)cc1. The molecule has 6 nitrogen and oxygen atoms in total.